The fourth-order valence-corrected chi connectivity index (χ4v) is 1.37. The van der Waals surface area contributed by atoms with Gasteiger partial charge in [0.15, 0.2) is 0 Å². The molecule has 2 N–H and O–H groups in total. The lowest BCUT2D eigenvalue weighted by molar-refractivity contribution is -0.121. The summed E-state index contributed by atoms with van der Waals surface area (Å²) < 4.78 is 0. The Balaban J connectivity index is 3.15. The predicted octanol–water partition coefficient (Wildman–Crippen LogP) is 1.12. The van der Waals surface area contributed by atoms with Gasteiger partial charge in [-0.15, -0.1) is 0 Å². The van der Waals surface area contributed by atoms with Crippen molar-refractivity contribution < 1.29 is 9.59 Å². The van der Waals surface area contributed by atoms with Crippen LogP contribution in [-0.2, 0) is 9.59 Å². The van der Waals surface area contributed by atoms with Crippen LogP contribution in [0.3, 0.4) is 0 Å². The number of hydrogen-bond donors (Lipinski definition) is 3. The molecule has 0 aliphatic heterocycles. The number of rotatable bonds is 9. The van der Waals surface area contributed by atoms with Crippen molar-refractivity contribution >= 4 is 24.4 Å². The van der Waals surface area contributed by atoms with Gasteiger partial charge in [0.05, 0.1) is 5.75 Å². The molecule has 4 nitrogen and oxygen atoms in total. The zero-order valence-corrected chi connectivity index (χ0v) is 10.8. The molecule has 16 heavy (non-hydrogen) atoms. The molecule has 94 valence electrons. The van der Waals surface area contributed by atoms with Gasteiger partial charge in [0.1, 0.15) is 0 Å². The second kappa shape index (κ2) is 10.8. The van der Waals surface area contributed by atoms with E-state index in [1.54, 1.807) is 0 Å². The molecule has 0 radical (unpaired) electrons. The van der Waals surface area contributed by atoms with Crippen molar-refractivity contribution in [3.8, 4) is 0 Å². The topological polar surface area (TPSA) is 58.2 Å². The molecule has 2 amide bonds. The quantitative estimate of drug-likeness (QED) is 0.422. The smallest absolute Gasteiger partial charge is 0.229 e. The van der Waals surface area contributed by atoms with Crippen molar-refractivity contribution in [2.24, 2.45) is 0 Å². The molecule has 0 heterocycles. The first-order chi connectivity index (χ1) is 7.70. The lowest BCUT2D eigenvalue weighted by Gasteiger charge is -2.05. The van der Waals surface area contributed by atoms with E-state index in [1.807, 2.05) is 6.92 Å². The largest absolute Gasteiger partial charge is 0.356 e. The molecule has 0 saturated heterocycles. The van der Waals surface area contributed by atoms with Crippen LogP contribution >= 0.6 is 12.6 Å². The third-order valence-electron chi connectivity index (χ3n) is 2.12. The fourth-order valence-electron chi connectivity index (χ4n) is 1.25. The molecule has 0 aromatic heterocycles. The van der Waals surface area contributed by atoms with E-state index < -0.39 is 0 Å². The number of carbonyl (C=O) groups excluding carboxylic acids is 2. The van der Waals surface area contributed by atoms with Gasteiger partial charge in [-0.05, 0) is 25.7 Å². The van der Waals surface area contributed by atoms with E-state index in [4.69, 9.17) is 0 Å². The summed E-state index contributed by atoms with van der Waals surface area (Å²) in [5.74, 6) is 0.345. The minimum Gasteiger partial charge on any atom is -0.356 e. The van der Waals surface area contributed by atoms with Crippen molar-refractivity contribution in [2.75, 3.05) is 18.8 Å². The summed E-state index contributed by atoms with van der Waals surface area (Å²) >= 11 is 3.86. The van der Waals surface area contributed by atoms with E-state index in [-0.39, 0.29) is 17.6 Å². The highest BCUT2D eigenvalue weighted by Gasteiger charge is 1.98. The third kappa shape index (κ3) is 9.83. The summed E-state index contributed by atoms with van der Waals surface area (Å²) in [4.78, 5) is 21.9. The van der Waals surface area contributed by atoms with Crippen LogP contribution < -0.4 is 10.6 Å². The average Bonchev–Trinajstić information content (AvgIpc) is 2.27. The maximum absolute atomic E-state index is 11.1. The monoisotopic (exact) mass is 246 g/mol. The number of nitrogens with one attached hydrogen (secondary N) is 2. The standard InChI is InChI=1S/C11H22N2O2S/c1-2-6-10(14)12-7-4-3-5-8-13-11(15)9-16/h16H,2-9H2,1H3,(H,12,14)(H,13,15). The van der Waals surface area contributed by atoms with Crippen LogP contribution in [0.2, 0.25) is 0 Å². The van der Waals surface area contributed by atoms with Crippen molar-refractivity contribution in [2.45, 2.75) is 39.0 Å². The van der Waals surface area contributed by atoms with Gasteiger partial charge in [-0.1, -0.05) is 6.92 Å². The summed E-state index contributed by atoms with van der Waals surface area (Å²) in [6.45, 7) is 3.42. The zero-order chi connectivity index (χ0) is 12.2. The Bertz CT molecular complexity index is 210. The van der Waals surface area contributed by atoms with Crippen LogP contribution in [0.1, 0.15) is 39.0 Å². The molecule has 0 unspecified atom stereocenters. The van der Waals surface area contributed by atoms with Crippen LogP contribution in [0.4, 0.5) is 0 Å². The Kier molecular flexibility index (Phi) is 10.3. The van der Waals surface area contributed by atoms with Crippen molar-refractivity contribution in [3.63, 3.8) is 0 Å². The maximum atomic E-state index is 11.1. The first-order valence-electron chi connectivity index (χ1n) is 5.85. The van der Waals surface area contributed by atoms with E-state index in [2.05, 4.69) is 23.3 Å². The molecule has 0 fully saturated rings. The third-order valence-corrected chi connectivity index (χ3v) is 2.41. The van der Waals surface area contributed by atoms with Gasteiger partial charge in [-0.25, -0.2) is 0 Å². The van der Waals surface area contributed by atoms with E-state index in [1.165, 1.54) is 0 Å². The molecule has 0 aromatic carbocycles. The summed E-state index contributed by atoms with van der Waals surface area (Å²) in [7, 11) is 0. The maximum Gasteiger partial charge on any atom is 0.229 e. The number of amides is 2. The number of carbonyl (C=O) groups is 2. The minimum atomic E-state index is -0.0282. The van der Waals surface area contributed by atoms with Gasteiger partial charge in [0.2, 0.25) is 11.8 Å². The van der Waals surface area contributed by atoms with Crippen LogP contribution in [0.25, 0.3) is 0 Å². The second-order valence-corrected chi connectivity index (χ2v) is 3.98. The van der Waals surface area contributed by atoms with Crippen LogP contribution in [-0.4, -0.2) is 30.7 Å². The molecule has 0 saturated carbocycles. The molecular formula is C11H22N2O2S. The second-order valence-electron chi connectivity index (χ2n) is 3.67. The Morgan fingerprint density at radius 3 is 2.06 bits per heavy atom. The SMILES string of the molecule is CCCC(=O)NCCCCCNC(=O)CS. The zero-order valence-electron chi connectivity index (χ0n) is 9.92. The van der Waals surface area contributed by atoms with Gasteiger partial charge < -0.3 is 10.6 Å². The van der Waals surface area contributed by atoms with Gasteiger partial charge >= 0.3 is 0 Å². The lowest BCUT2D eigenvalue weighted by atomic mass is 10.2. The van der Waals surface area contributed by atoms with E-state index >= 15 is 0 Å². The molecule has 5 heteroatoms. The average molecular weight is 246 g/mol. The molecule has 0 aliphatic rings. The molecule has 0 aliphatic carbocycles. The molecule has 0 atom stereocenters. The number of thiol groups is 1. The van der Waals surface area contributed by atoms with Gasteiger partial charge in [0.25, 0.3) is 0 Å². The highest BCUT2D eigenvalue weighted by molar-refractivity contribution is 7.81. The van der Waals surface area contributed by atoms with Crippen molar-refractivity contribution in [1.82, 2.24) is 10.6 Å². The molecular weight excluding hydrogens is 224 g/mol. The fraction of sp³-hybridized carbons (Fsp3) is 0.818. The Hall–Kier alpha value is -0.710. The minimum absolute atomic E-state index is 0.0282. The lowest BCUT2D eigenvalue weighted by Crippen LogP contribution is -2.26. The Labute approximate surface area is 103 Å². The molecule has 0 aromatic rings. The summed E-state index contributed by atoms with van der Waals surface area (Å²) in [6, 6.07) is 0. The highest BCUT2D eigenvalue weighted by Crippen LogP contribution is 1.93. The first kappa shape index (κ1) is 15.3. The number of unbranched alkanes of at least 4 members (excludes halogenated alkanes) is 2. The van der Waals surface area contributed by atoms with Crippen LogP contribution in [0, 0.1) is 0 Å². The van der Waals surface area contributed by atoms with Crippen LogP contribution in [0.15, 0.2) is 0 Å². The predicted molar refractivity (Wildman–Crippen MR) is 68.6 cm³/mol. The van der Waals surface area contributed by atoms with Crippen molar-refractivity contribution in [3.05, 3.63) is 0 Å². The van der Waals surface area contributed by atoms with Gasteiger partial charge in [0, 0.05) is 19.5 Å². The summed E-state index contributed by atoms with van der Waals surface area (Å²) in [5.41, 5.74) is 0. The first-order valence-corrected chi connectivity index (χ1v) is 6.48. The molecule has 0 bridgehead atoms. The normalized spacial score (nSPS) is 9.88. The van der Waals surface area contributed by atoms with Gasteiger partial charge in [-0.2, -0.15) is 12.6 Å². The summed E-state index contributed by atoms with van der Waals surface area (Å²) in [5, 5.41) is 5.61. The van der Waals surface area contributed by atoms with Crippen molar-refractivity contribution in [1.29, 1.82) is 0 Å². The Morgan fingerprint density at radius 2 is 1.56 bits per heavy atom. The van der Waals surface area contributed by atoms with E-state index in [9.17, 15) is 9.59 Å². The van der Waals surface area contributed by atoms with Gasteiger partial charge in [-0.3, -0.25) is 9.59 Å². The Morgan fingerprint density at radius 1 is 1.00 bits per heavy atom. The summed E-state index contributed by atoms with van der Waals surface area (Å²) in [6.07, 6.45) is 4.42. The van der Waals surface area contributed by atoms with Crippen LogP contribution in [0.5, 0.6) is 0 Å². The highest BCUT2D eigenvalue weighted by atomic mass is 32.1. The molecule has 0 spiro atoms. The molecule has 0 rings (SSSR count). The van der Waals surface area contributed by atoms with E-state index in [0.717, 1.165) is 32.2 Å². The van der Waals surface area contributed by atoms with E-state index in [0.29, 0.717) is 13.0 Å². The number of hydrogen-bond acceptors (Lipinski definition) is 3.